The zero-order valence-electron chi connectivity index (χ0n) is 9.70. The number of aromatic nitrogens is 1. The first-order valence-corrected chi connectivity index (χ1v) is 5.92. The van der Waals surface area contributed by atoms with E-state index in [0.29, 0.717) is 12.3 Å². The smallest absolute Gasteiger partial charge is 0.164 e. The van der Waals surface area contributed by atoms with E-state index in [9.17, 15) is 4.79 Å². The fraction of sp³-hybridized carbons (Fsp3) is 0.538. The van der Waals surface area contributed by atoms with E-state index in [0.717, 1.165) is 30.6 Å². The highest BCUT2D eigenvalue weighted by atomic mass is 16.1. The number of nitrogens with zero attached hydrogens (tertiary/aromatic N) is 1. The van der Waals surface area contributed by atoms with Crippen molar-refractivity contribution in [2.24, 2.45) is 5.92 Å². The Kier molecular flexibility index (Phi) is 3.67. The summed E-state index contributed by atoms with van der Waals surface area (Å²) in [6, 6.07) is 1.89. The number of carbonyl (C=O) groups excluding carboxylic acids is 1. The Morgan fingerprint density at radius 3 is 3.19 bits per heavy atom. The number of hydrogen-bond donors (Lipinski definition) is 1. The van der Waals surface area contributed by atoms with Gasteiger partial charge in [0.2, 0.25) is 0 Å². The molecule has 1 aliphatic rings. The molecule has 2 rings (SSSR count). The van der Waals surface area contributed by atoms with Crippen molar-refractivity contribution >= 4 is 5.78 Å². The first-order chi connectivity index (χ1) is 7.77. The molecule has 1 fully saturated rings. The van der Waals surface area contributed by atoms with Crippen LogP contribution in [0.15, 0.2) is 18.5 Å². The normalized spacial score (nSPS) is 19.9. The second kappa shape index (κ2) is 5.21. The van der Waals surface area contributed by atoms with Crippen molar-refractivity contribution in [2.45, 2.75) is 26.2 Å². The van der Waals surface area contributed by atoms with Crippen LogP contribution < -0.4 is 5.32 Å². The van der Waals surface area contributed by atoms with Crippen LogP contribution >= 0.6 is 0 Å². The molecule has 1 unspecified atom stereocenters. The zero-order valence-corrected chi connectivity index (χ0v) is 9.70. The number of carbonyl (C=O) groups is 1. The van der Waals surface area contributed by atoms with E-state index in [1.54, 1.807) is 12.4 Å². The average Bonchev–Trinajstić information content (AvgIpc) is 2.79. The summed E-state index contributed by atoms with van der Waals surface area (Å²) in [7, 11) is 0. The van der Waals surface area contributed by atoms with Gasteiger partial charge in [-0.15, -0.1) is 0 Å². The van der Waals surface area contributed by atoms with Crippen molar-refractivity contribution in [2.75, 3.05) is 13.1 Å². The third-order valence-electron chi connectivity index (χ3n) is 3.28. The van der Waals surface area contributed by atoms with Crippen molar-refractivity contribution in [1.29, 1.82) is 0 Å². The molecule has 16 heavy (non-hydrogen) atoms. The topological polar surface area (TPSA) is 42.0 Å². The summed E-state index contributed by atoms with van der Waals surface area (Å²) in [6.45, 7) is 4.14. The van der Waals surface area contributed by atoms with Crippen LogP contribution in [0.1, 0.15) is 35.2 Å². The van der Waals surface area contributed by atoms with E-state index >= 15 is 0 Å². The van der Waals surface area contributed by atoms with Gasteiger partial charge in [0.15, 0.2) is 5.78 Å². The van der Waals surface area contributed by atoms with Crippen LogP contribution in [0.25, 0.3) is 0 Å². The first kappa shape index (κ1) is 11.3. The van der Waals surface area contributed by atoms with Gasteiger partial charge >= 0.3 is 0 Å². The van der Waals surface area contributed by atoms with Crippen molar-refractivity contribution in [1.82, 2.24) is 10.3 Å². The van der Waals surface area contributed by atoms with Gasteiger partial charge in [-0.05, 0) is 50.4 Å². The molecule has 86 valence electrons. The summed E-state index contributed by atoms with van der Waals surface area (Å²) in [5.74, 6) is 0.915. The minimum Gasteiger partial charge on any atom is -0.316 e. The lowest BCUT2D eigenvalue weighted by Crippen LogP contribution is -2.11. The summed E-state index contributed by atoms with van der Waals surface area (Å²) in [5.41, 5.74) is 1.82. The summed E-state index contributed by atoms with van der Waals surface area (Å²) in [6.07, 6.45) is 6.27. The zero-order chi connectivity index (χ0) is 11.4. The molecule has 1 atom stereocenters. The first-order valence-electron chi connectivity index (χ1n) is 5.92. The number of Topliss-reactive ketones (excluding diaryl/α,β-unsaturated/α-hetero) is 1. The Bertz CT molecular complexity index is 370. The van der Waals surface area contributed by atoms with Crippen LogP contribution in [0.3, 0.4) is 0 Å². The summed E-state index contributed by atoms with van der Waals surface area (Å²) >= 11 is 0. The molecule has 1 aromatic rings. The highest BCUT2D eigenvalue weighted by Gasteiger charge is 2.17. The fourth-order valence-corrected chi connectivity index (χ4v) is 2.19. The number of ketones is 1. The van der Waals surface area contributed by atoms with Crippen LogP contribution in [0.2, 0.25) is 0 Å². The van der Waals surface area contributed by atoms with Gasteiger partial charge in [-0.25, -0.2) is 0 Å². The molecule has 1 saturated heterocycles. The van der Waals surface area contributed by atoms with Gasteiger partial charge in [0, 0.05) is 24.4 Å². The maximum absolute atomic E-state index is 12.0. The highest BCUT2D eigenvalue weighted by molar-refractivity contribution is 5.97. The molecule has 0 bridgehead atoms. The molecule has 0 aromatic carbocycles. The van der Waals surface area contributed by atoms with Crippen LogP contribution in [0.4, 0.5) is 0 Å². The molecule has 1 aliphatic heterocycles. The lowest BCUT2D eigenvalue weighted by molar-refractivity contribution is 0.0973. The average molecular weight is 218 g/mol. The largest absolute Gasteiger partial charge is 0.316 e. The number of rotatable bonds is 4. The van der Waals surface area contributed by atoms with E-state index in [1.807, 2.05) is 13.0 Å². The standard InChI is InChI=1S/C13H18N2O/c1-10-4-6-15-9-12(10)13(16)3-2-11-5-7-14-8-11/h4,6,9,11,14H,2-3,5,7-8H2,1H3. The molecule has 3 heteroatoms. The molecule has 1 N–H and O–H groups in total. The summed E-state index contributed by atoms with van der Waals surface area (Å²) in [5, 5.41) is 3.32. The molecule has 2 heterocycles. The Hall–Kier alpha value is -1.22. The maximum Gasteiger partial charge on any atom is 0.164 e. The minimum atomic E-state index is 0.234. The molecule has 0 radical (unpaired) electrons. The van der Waals surface area contributed by atoms with Crippen LogP contribution in [-0.2, 0) is 0 Å². The number of aryl methyl sites for hydroxylation is 1. The third kappa shape index (κ3) is 2.67. The second-order valence-corrected chi connectivity index (χ2v) is 4.51. The van der Waals surface area contributed by atoms with Crippen molar-refractivity contribution in [3.63, 3.8) is 0 Å². The van der Waals surface area contributed by atoms with Gasteiger partial charge < -0.3 is 5.32 Å². The van der Waals surface area contributed by atoms with Gasteiger partial charge in [0.25, 0.3) is 0 Å². The molecule has 0 spiro atoms. The van der Waals surface area contributed by atoms with Gasteiger partial charge in [0.05, 0.1) is 0 Å². The van der Waals surface area contributed by atoms with Gasteiger partial charge in [-0.1, -0.05) is 0 Å². The Morgan fingerprint density at radius 2 is 2.50 bits per heavy atom. The number of nitrogens with one attached hydrogen (secondary N) is 1. The highest BCUT2D eigenvalue weighted by Crippen LogP contribution is 2.17. The minimum absolute atomic E-state index is 0.234. The molecular weight excluding hydrogens is 200 g/mol. The molecule has 1 aromatic heterocycles. The molecular formula is C13H18N2O. The van der Waals surface area contributed by atoms with Gasteiger partial charge in [-0.3, -0.25) is 9.78 Å². The van der Waals surface area contributed by atoms with E-state index in [-0.39, 0.29) is 5.78 Å². The predicted octanol–water partition coefficient (Wildman–Crippen LogP) is 1.96. The Balaban J connectivity index is 1.90. The Labute approximate surface area is 96.3 Å². The van der Waals surface area contributed by atoms with Gasteiger partial charge in [-0.2, -0.15) is 0 Å². The molecule has 0 saturated carbocycles. The Morgan fingerprint density at radius 1 is 1.62 bits per heavy atom. The van der Waals surface area contributed by atoms with E-state index < -0.39 is 0 Å². The second-order valence-electron chi connectivity index (χ2n) is 4.51. The van der Waals surface area contributed by atoms with E-state index in [2.05, 4.69) is 10.3 Å². The van der Waals surface area contributed by atoms with Crippen molar-refractivity contribution < 1.29 is 4.79 Å². The quantitative estimate of drug-likeness (QED) is 0.785. The molecule has 0 aliphatic carbocycles. The summed E-state index contributed by atoms with van der Waals surface area (Å²) in [4.78, 5) is 16.0. The lowest BCUT2D eigenvalue weighted by atomic mass is 9.97. The predicted molar refractivity (Wildman–Crippen MR) is 63.5 cm³/mol. The van der Waals surface area contributed by atoms with E-state index in [1.165, 1.54) is 6.42 Å². The molecule has 3 nitrogen and oxygen atoms in total. The van der Waals surface area contributed by atoms with Crippen LogP contribution in [0.5, 0.6) is 0 Å². The number of pyridine rings is 1. The third-order valence-corrected chi connectivity index (χ3v) is 3.28. The number of hydrogen-bond acceptors (Lipinski definition) is 3. The van der Waals surface area contributed by atoms with Crippen molar-refractivity contribution in [3.8, 4) is 0 Å². The fourth-order valence-electron chi connectivity index (χ4n) is 2.19. The monoisotopic (exact) mass is 218 g/mol. The van der Waals surface area contributed by atoms with E-state index in [4.69, 9.17) is 0 Å². The van der Waals surface area contributed by atoms with Crippen LogP contribution in [-0.4, -0.2) is 23.9 Å². The summed E-state index contributed by atoms with van der Waals surface area (Å²) < 4.78 is 0. The van der Waals surface area contributed by atoms with Gasteiger partial charge in [0.1, 0.15) is 0 Å². The maximum atomic E-state index is 12.0. The molecule has 0 amide bonds. The van der Waals surface area contributed by atoms with Crippen LogP contribution in [0, 0.1) is 12.8 Å². The SMILES string of the molecule is Cc1ccncc1C(=O)CCC1CCNC1. The lowest BCUT2D eigenvalue weighted by Gasteiger charge is -2.08. The van der Waals surface area contributed by atoms with Crippen molar-refractivity contribution in [3.05, 3.63) is 29.6 Å².